The van der Waals surface area contributed by atoms with E-state index >= 15 is 0 Å². The molecule has 4 nitrogen and oxygen atoms in total. The molecule has 0 spiro atoms. The van der Waals surface area contributed by atoms with Crippen molar-refractivity contribution in [2.45, 2.75) is 37.6 Å². The van der Waals surface area contributed by atoms with Gasteiger partial charge >= 0.3 is 0 Å². The molecule has 0 bridgehead atoms. The van der Waals surface area contributed by atoms with E-state index in [0.29, 0.717) is 22.9 Å². The van der Waals surface area contributed by atoms with Gasteiger partial charge in [-0.15, -0.1) is 0 Å². The smallest absolute Gasteiger partial charge is 0.244 e. The minimum atomic E-state index is -3.50. The van der Waals surface area contributed by atoms with E-state index in [1.807, 2.05) is 0 Å². The Balaban J connectivity index is 2.45. The van der Waals surface area contributed by atoms with Gasteiger partial charge in [0.15, 0.2) is 0 Å². The Kier molecular flexibility index (Phi) is 5.04. The normalized spacial score (nSPS) is 19.5. The summed E-state index contributed by atoms with van der Waals surface area (Å²) in [5.74, 6) is 5.91. The summed E-state index contributed by atoms with van der Waals surface area (Å²) in [4.78, 5) is 0.290. The maximum Gasteiger partial charge on any atom is 0.244 e. The van der Waals surface area contributed by atoms with Crippen molar-refractivity contribution in [3.63, 3.8) is 0 Å². The average molecular weight is 306 g/mol. The summed E-state index contributed by atoms with van der Waals surface area (Å²) in [6.45, 7) is 4.94. The van der Waals surface area contributed by atoms with E-state index in [4.69, 9.17) is 5.73 Å². The lowest BCUT2D eigenvalue weighted by Crippen LogP contribution is -2.38. The standard InChI is InChI=1S/C16H22N2O2S/c1-13(2)15-9-6-12-18(15)21(19,20)16-10-4-3-7-14(16)8-5-11-17/h3-4,7,10,13,15H,6,9,11-12,17H2,1-2H3. The molecule has 0 aliphatic carbocycles. The molecular weight excluding hydrogens is 284 g/mol. The maximum atomic E-state index is 13.0. The Labute approximate surface area is 127 Å². The minimum absolute atomic E-state index is 0.0746. The lowest BCUT2D eigenvalue weighted by Gasteiger charge is -2.27. The Morgan fingerprint density at radius 3 is 2.76 bits per heavy atom. The number of sulfonamides is 1. The molecule has 0 amide bonds. The molecule has 5 heteroatoms. The van der Waals surface area contributed by atoms with Crippen LogP contribution in [0.4, 0.5) is 0 Å². The third-order valence-corrected chi connectivity index (χ3v) is 5.80. The van der Waals surface area contributed by atoms with E-state index in [1.165, 1.54) is 0 Å². The van der Waals surface area contributed by atoms with Gasteiger partial charge in [0, 0.05) is 18.2 Å². The summed E-state index contributed by atoms with van der Waals surface area (Å²) in [5, 5.41) is 0. The number of hydrogen-bond donors (Lipinski definition) is 1. The van der Waals surface area contributed by atoms with Crippen molar-refractivity contribution >= 4 is 10.0 Å². The molecule has 2 N–H and O–H groups in total. The van der Waals surface area contributed by atoms with E-state index in [2.05, 4.69) is 25.7 Å². The Morgan fingerprint density at radius 2 is 2.10 bits per heavy atom. The van der Waals surface area contributed by atoms with Crippen molar-refractivity contribution in [1.29, 1.82) is 0 Å². The van der Waals surface area contributed by atoms with Crippen LogP contribution in [0, 0.1) is 17.8 Å². The van der Waals surface area contributed by atoms with Crippen molar-refractivity contribution in [3.05, 3.63) is 29.8 Å². The van der Waals surface area contributed by atoms with E-state index in [9.17, 15) is 8.42 Å². The summed E-state index contributed by atoms with van der Waals surface area (Å²) in [5.41, 5.74) is 5.91. The number of nitrogens with two attached hydrogens (primary N) is 1. The first-order valence-corrected chi connectivity index (χ1v) is 8.72. The Bertz CT molecular complexity index is 656. The molecule has 2 rings (SSSR count). The molecule has 1 atom stereocenters. The highest BCUT2D eigenvalue weighted by Gasteiger charge is 2.37. The van der Waals surface area contributed by atoms with Crippen molar-refractivity contribution in [2.24, 2.45) is 11.7 Å². The van der Waals surface area contributed by atoms with Gasteiger partial charge in [0.1, 0.15) is 0 Å². The van der Waals surface area contributed by atoms with Gasteiger partial charge < -0.3 is 5.73 Å². The van der Waals surface area contributed by atoms with Crippen LogP contribution in [0.1, 0.15) is 32.3 Å². The van der Waals surface area contributed by atoms with Crippen LogP contribution in [-0.4, -0.2) is 31.9 Å². The second-order valence-electron chi connectivity index (χ2n) is 5.57. The van der Waals surface area contributed by atoms with Gasteiger partial charge in [0.25, 0.3) is 0 Å². The zero-order chi connectivity index (χ0) is 15.5. The predicted octanol–water partition coefficient (Wildman–Crippen LogP) is 1.81. The highest BCUT2D eigenvalue weighted by Crippen LogP contribution is 2.31. The van der Waals surface area contributed by atoms with Crippen LogP contribution < -0.4 is 5.73 Å². The molecule has 1 fully saturated rings. The summed E-state index contributed by atoms with van der Waals surface area (Å²) >= 11 is 0. The monoisotopic (exact) mass is 306 g/mol. The summed E-state index contributed by atoms with van der Waals surface area (Å²) in [6.07, 6.45) is 1.84. The quantitative estimate of drug-likeness (QED) is 0.866. The second kappa shape index (κ2) is 6.61. The molecule has 1 aliphatic rings. The molecule has 0 radical (unpaired) electrons. The van der Waals surface area contributed by atoms with Crippen LogP contribution in [-0.2, 0) is 10.0 Å². The van der Waals surface area contributed by atoms with Crippen LogP contribution in [0.25, 0.3) is 0 Å². The highest BCUT2D eigenvalue weighted by atomic mass is 32.2. The van der Waals surface area contributed by atoms with Crippen molar-refractivity contribution in [3.8, 4) is 11.8 Å². The first-order valence-electron chi connectivity index (χ1n) is 7.28. The number of hydrogen-bond acceptors (Lipinski definition) is 3. The minimum Gasteiger partial charge on any atom is -0.320 e. The molecule has 0 aromatic heterocycles. The highest BCUT2D eigenvalue weighted by molar-refractivity contribution is 7.89. The van der Waals surface area contributed by atoms with Gasteiger partial charge in [-0.1, -0.05) is 37.8 Å². The molecule has 0 saturated carbocycles. The topological polar surface area (TPSA) is 63.4 Å². The molecule has 1 aromatic rings. The third-order valence-electron chi connectivity index (χ3n) is 3.82. The fraction of sp³-hybridized carbons (Fsp3) is 0.500. The molecule has 1 aliphatic heterocycles. The van der Waals surface area contributed by atoms with Crippen molar-refractivity contribution < 1.29 is 8.42 Å². The molecule has 1 heterocycles. The zero-order valence-corrected chi connectivity index (χ0v) is 13.4. The van der Waals surface area contributed by atoms with Crippen LogP contribution in [0.5, 0.6) is 0 Å². The van der Waals surface area contributed by atoms with Gasteiger partial charge in [0.2, 0.25) is 10.0 Å². The number of rotatable bonds is 3. The molecule has 21 heavy (non-hydrogen) atoms. The van der Waals surface area contributed by atoms with Gasteiger partial charge in [-0.05, 0) is 30.9 Å². The largest absolute Gasteiger partial charge is 0.320 e. The van der Waals surface area contributed by atoms with E-state index in [0.717, 1.165) is 12.8 Å². The van der Waals surface area contributed by atoms with Gasteiger partial charge in [-0.3, -0.25) is 0 Å². The first-order chi connectivity index (χ1) is 9.98. The first kappa shape index (κ1) is 16.0. The predicted molar refractivity (Wildman–Crippen MR) is 84.1 cm³/mol. The Morgan fingerprint density at radius 1 is 1.38 bits per heavy atom. The fourth-order valence-electron chi connectivity index (χ4n) is 2.80. The van der Waals surface area contributed by atoms with Crippen LogP contribution >= 0.6 is 0 Å². The maximum absolute atomic E-state index is 13.0. The average Bonchev–Trinajstić information content (AvgIpc) is 2.96. The lowest BCUT2D eigenvalue weighted by molar-refractivity contribution is 0.315. The van der Waals surface area contributed by atoms with Crippen molar-refractivity contribution in [2.75, 3.05) is 13.1 Å². The van der Waals surface area contributed by atoms with Gasteiger partial charge in [-0.25, -0.2) is 8.42 Å². The summed E-state index contributed by atoms with van der Waals surface area (Å²) in [7, 11) is -3.50. The molecule has 1 saturated heterocycles. The number of nitrogens with zero attached hydrogens (tertiary/aromatic N) is 1. The third kappa shape index (κ3) is 3.29. The van der Waals surface area contributed by atoms with Crippen LogP contribution in [0.2, 0.25) is 0 Å². The Hall–Kier alpha value is -1.35. The van der Waals surface area contributed by atoms with Gasteiger partial charge in [0.05, 0.1) is 11.4 Å². The van der Waals surface area contributed by atoms with E-state index < -0.39 is 10.0 Å². The molecule has 1 aromatic carbocycles. The number of benzene rings is 1. The van der Waals surface area contributed by atoms with E-state index in [-0.39, 0.29) is 12.6 Å². The molecule has 1 unspecified atom stereocenters. The molecular formula is C16H22N2O2S. The lowest BCUT2D eigenvalue weighted by atomic mass is 10.0. The fourth-order valence-corrected chi connectivity index (χ4v) is 4.77. The van der Waals surface area contributed by atoms with Crippen LogP contribution in [0.15, 0.2) is 29.2 Å². The second-order valence-corrected chi connectivity index (χ2v) is 7.43. The van der Waals surface area contributed by atoms with Crippen molar-refractivity contribution in [1.82, 2.24) is 4.31 Å². The summed E-state index contributed by atoms with van der Waals surface area (Å²) in [6, 6.07) is 6.97. The molecule has 114 valence electrons. The zero-order valence-electron chi connectivity index (χ0n) is 12.5. The summed E-state index contributed by atoms with van der Waals surface area (Å²) < 4.78 is 27.6. The van der Waals surface area contributed by atoms with E-state index in [1.54, 1.807) is 28.6 Å². The SMILES string of the molecule is CC(C)C1CCCN1S(=O)(=O)c1ccccc1C#CCN. The van der Waals surface area contributed by atoms with Crippen LogP contribution in [0.3, 0.4) is 0 Å². The van der Waals surface area contributed by atoms with Gasteiger partial charge in [-0.2, -0.15) is 4.31 Å².